The Labute approximate surface area is 193 Å². The second-order valence-electron chi connectivity index (χ2n) is 8.54. The number of amides is 2. The Morgan fingerprint density at radius 2 is 1.82 bits per heavy atom. The molecule has 1 aromatic heterocycles. The molecule has 0 saturated carbocycles. The SMILES string of the molecule is C=CC(=O)N1CCC([C@@H]2CCNc3c(C(N)=O)c(-c4cc(OC)c(C)c(OC)c4)nn32)CC1. The van der Waals surface area contributed by atoms with Crippen LogP contribution in [0.25, 0.3) is 11.3 Å². The Hall–Kier alpha value is -3.49. The lowest BCUT2D eigenvalue weighted by atomic mass is 9.87. The van der Waals surface area contributed by atoms with E-state index in [1.165, 1.54) is 6.08 Å². The fourth-order valence-electron chi connectivity index (χ4n) is 5.03. The lowest BCUT2D eigenvalue weighted by Crippen LogP contribution is -2.41. The monoisotopic (exact) mass is 453 g/mol. The fourth-order valence-corrected chi connectivity index (χ4v) is 5.03. The van der Waals surface area contributed by atoms with Crippen LogP contribution in [0.1, 0.15) is 41.2 Å². The molecule has 4 rings (SSSR count). The molecule has 2 amide bonds. The molecule has 0 unspecified atom stereocenters. The molecule has 2 aromatic rings. The first-order valence-electron chi connectivity index (χ1n) is 11.2. The number of aromatic nitrogens is 2. The Bertz CT molecular complexity index is 1060. The van der Waals surface area contributed by atoms with Gasteiger partial charge in [0.1, 0.15) is 28.6 Å². The van der Waals surface area contributed by atoms with Crippen LogP contribution in [0.3, 0.4) is 0 Å². The molecule has 9 nitrogen and oxygen atoms in total. The second kappa shape index (κ2) is 9.17. The first-order chi connectivity index (χ1) is 15.9. The molecular weight excluding hydrogens is 422 g/mol. The first kappa shape index (κ1) is 22.7. The molecule has 1 atom stereocenters. The summed E-state index contributed by atoms with van der Waals surface area (Å²) < 4.78 is 13.0. The summed E-state index contributed by atoms with van der Waals surface area (Å²) in [7, 11) is 3.19. The lowest BCUT2D eigenvalue weighted by molar-refractivity contribution is -0.127. The van der Waals surface area contributed by atoms with Gasteiger partial charge < -0.3 is 25.4 Å². The van der Waals surface area contributed by atoms with E-state index in [4.69, 9.17) is 20.3 Å². The number of hydrogen-bond donors (Lipinski definition) is 2. The van der Waals surface area contributed by atoms with Crippen molar-refractivity contribution in [3.05, 3.63) is 35.9 Å². The van der Waals surface area contributed by atoms with Crippen LogP contribution in [0.5, 0.6) is 11.5 Å². The number of methoxy groups -OCH3 is 2. The Balaban J connectivity index is 1.73. The maximum absolute atomic E-state index is 12.6. The van der Waals surface area contributed by atoms with Gasteiger partial charge in [0.05, 0.1) is 20.3 Å². The van der Waals surface area contributed by atoms with Crippen molar-refractivity contribution in [2.24, 2.45) is 11.7 Å². The van der Waals surface area contributed by atoms with Gasteiger partial charge in [0.25, 0.3) is 5.91 Å². The number of nitrogens with zero attached hydrogens (tertiary/aromatic N) is 3. The number of rotatable bonds is 6. The van der Waals surface area contributed by atoms with E-state index >= 15 is 0 Å². The van der Waals surface area contributed by atoms with Gasteiger partial charge in [-0.2, -0.15) is 5.10 Å². The number of anilines is 1. The maximum atomic E-state index is 12.6. The van der Waals surface area contributed by atoms with Crippen LogP contribution in [-0.2, 0) is 4.79 Å². The van der Waals surface area contributed by atoms with Crippen molar-refractivity contribution in [3.63, 3.8) is 0 Å². The highest BCUT2D eigenvalue weighted by Gasteiger charge is 2.36. The summed E-state index contributed by atoms with van der Waals surface area (Å²) in [5.74, 6) is 1.72. The number of hydrogen-bond acceptors (Lipinski definition) is 6. The number of primary amides is 1. The van der Waals surface area contributed by atoms with Crippen LogP contribution in [0, 0.1) is 12.8 Å². The summed E-state index contributed by atoms with van der Waals surface area (Å²) in [6.45, 7) is 7.61. The van der Waals surface area contributed by atoms with Crippen LogP contribution in [0.4, 0.5) is 5.82 Å². The predicted molar refractivity (Wildman–Crippen MR) is 126 cm³/mol. The topological polar surface area (TPSA) is 112 Å². The summed E-state index contributed by atoms with van der Waals surface area (Å²) in [4.78, 5) is 26.3. The fraction of sp³-hybridized carbons (Fsp3) is 0.458. The van der Waals surface area contributed by atoms with Gasteiger partial charge in [-0.05, 0) is 50.3 Å². The molecule has 2 aliphatic heterocycles. The average Bonchev–Trinajstić information content (AvgIpc) is 3.24. The van der Waals surface area contributed by atoms with Gasteiger partial charge >= 0.3 is 0 Å². The number of ether oxygens (including phenoxy) is 2. The van der Waals surface area contributed by atoms with E-state index in [9.17, 15) is 9.59 Å². The molecule has 2 aliphatic rings. The zero-order chi connectivity index (χ0) is 23.7. The van der Waals surface area contributed by atoms with E-state index in [1.54, 1.807) is 14.2 Å². The highest BCUT2D eigenvalue weighted by Crippen LogP contribution is 2.42. The summed E-state index contributed by atoms with van der Waals surface area (Å²) in [5.41, 5.74) is 8.28. The molecule has 0 aliphatic carbocycles. The molecule has 0 bridgehead atoms. The molecule has 33 heavy (non-hydrogen) atoms. The predicted octanol–water partition coefficient (Wildman–Crippen LogP) is 2.76. The quantitative estimate of drug-likeness (QED) is 0.651. The maximum Gasteiger partial charge on any atom is 0.254 e. The van der Waals surface area contributed by atoms with E-state index in [0.717, 1.165) is 31.4 Å². The molecule has 1 aromatic carbocycles. The number of likely N-dealkylation sites (tertiary alicyclic amines) is 1. The summed E-state index contributed by atoms with van der Waals surface area (Å²) in [6.07, 6.45) is 3.99. The van der Waals surface area contributed by atoms with Crippen molar-refractivity contribution in [2.45, 2.75) is 32.2 Å². The van der Waals surface area contributed by atoms with Crippen molar-refractivity contribution in [2.75, 3.05) is 39.2 Å². The zero-order valence-corrected chi connectivity index (χ0v) is 19.4. The van der Waals surface area contributed by atoms with Gasteiger partial charge in [-0.1, -0.05) is 6.58 Å². The van der Waals surface area contributed by atoms with E-state index in [0.29, 0.717) is 53.1 Å². The number of carbonyl (C=O) groups is 2. The average molecular weight is 454 g/mol. The third-order valence-electron chi connectivity index (χ3n) is 6.80. The third-order valence-corrected chi connectivity index (χ3v) is 6.80. The van der Waals surface area contributed by atoms with Crippen molar-refractivity contribution in [1.82, 2.24) is 14.7 Å². The van der Waals surface area contributed by atoms with Gasteiger partial charge in [-0.15, -0.1) is 0 Å². The van der Waals surface area contributed by atoms with Gasteiger partial charge in [-0.25, -0.2) is 4.68 Å². The Morgan fingerprint density at radius 3 is 2.36 bits per heavy atom. The molecule has 3 N–H and O–H groups in total. The van der Waals surface area contributed by atoms with E-state index in [2.05, 4.69) is 11.9 Å². The van der Waals surface area contributed by atoms with E-state index < -0.39 is 5.91 Å². The van der Waals surface area contributed by atoms with Crippen molar-refractivity contribution in [1.29, 1.82) is 0 Å². The number of piperidine rings is 1. The molecule has 9 heteroatoms. The first-order valence-corrected chi connectivity index (χ1v) is 11.2. The molecule has 0 radical (unpaired) electrons. The minimum Gasteiger partial charge on any atom is -0.496 e. The van der Waals surface area contributed by atoms with Crippen LogP contribution in [0.15, 0.2) is 24.8 Å². The van der Waals surface area contributed by atoms with E-state index in [1.807, 2.05) is 28.6 Å². The van der Waals surface area contributed by atoms with Crippen LogP contribution < -0.4 is 20.5 Å². The van der Waals surface area contributed by atoms with Crippen LogP contribution >= 0.6 is 0 Å². The Kier molecular flexibility index (Phi) is 6.31. The number of fused-ring (bicyclic) bond motifs is 1. The summed E-state index contributed by atoms with van der Waals surface area (Å²) in [5, 5.41) is 8.23. The minimum absolute atomic E-state index is 0.0286. The van der Waals surface area contributed by atoms with Gasteiger partial charge in [0.15, 0.2) is 0 Å². The highest BCUT2D eigenvalue weighted by atomic mass is 16.5. The van der Waals surface area contributed by atoms with Crippen molar-refractivity contribution < 1.29 is 19.1 Å². The zero-order valence-electron chi connectivity index (χ0n) is 19.4. The van der Waals surface area contributed by atoms with Crippen molar-refractivity contribution in [3.8, 4) is 22.8 Å². The third kappa shape index (κ3) is 4.03. The number of carbonyl (C=O) groups excluding carboxylic acids is 2. The normalized spacial score (nSPS) is 18.3. The molecule has 1 saturated heterocycles. The molecule has 0 spiro atoms. The smallest absolute Gasteiger partial charge is 0.254 e. The molecule has 3 heterocycles. The molecule has 176 valence electrons. The van der Waals surface area contributed by atoms with Gasteiger partial charge in [-0.3, -0.25) is 9.59 Å². The summed E-state index contributed by atoms with van der Waals surface area (Å²) >= 11 is 0. The van der Waals surface area contributed by atoms with E-state index in [-0.39, 0.29) is 11.9 Å². The number of nitrogens with two attached hydrogens (primary N) is 1. The van der Waals surface area contributed by atoms with Crippen LogP contribution in [0.2, 0.25) is 0 Å². The highest BCUT2D eigenvalue weighted by molar-refractivity contribution is 6.04. The van der Waals surface area contributed by atoms with Crippen LogP contribution in [-0.4, -0.2) is 60.3 Å². The largest absolute Gasteiger partial charge is 0.496 e. The number of nitrogens with one attached hydrogen (secondary N) is 1. The number of benzene rings is 1. The second-order valence-corrected chi connectivity index (χ2v) is 8.54. The Morgan fingerprint density at radius 1 is 1.18 bits per heavy atom. The summed E-state index contributed by atoms with van der Waals surface area (Å²) in [6, 6.07) is 3.82. The van der Waals surface area contributed by atoms with Crippen molar-refractivity contribution >= 4 is 17.6 Å². The lowest BCUT2D eigenvalue weighted by Gasteiger charge is -2.38. The molecule has 1 fully saturated rings. The van der Waals surface area contributed by atoms with Gasteiger partial charge in [0.2, 0.25) is 5.91 Å². The standard InChI is InChI=1S/C24H31N5O4/c1-5-20(30)28-10-7-15(8-11-28)17-6-9-26-24-21(23(25)31)22(27-29(17)24)16-12-18(32-3)14(2)19(13-16)33-4/h5,12-13,15,17,26H,1,6-11H2,2-4H3,(H2,25,31)/t17-/m0/s1. The minimum atomic E-state index is -0.538. The molecular formula is C24H31N5O4. The van der Waals surface area contributed by atoms with Gasteiger partial charge in [0, 0.05) is 30.8 Å².